The molecule has 0 aliphatic carbocycles. The Morgan fingerprint density at radius 1 is 1.33 bits per heavy atom. The summed E-state index contributed by atoms with van der Waals surface area (Å²) in [5.41, 5.74) is -0.188. The average molecular weight is 264 g/mol. The molecule has 96 valence electrons. The maximum atomic E-state index is 12.2. The highest BCUT2D eigenvalue weighted by atomic mass is 32.1. The van der Waals surface area contributed by atoms with Crippen LogP contribution in [0.1, 0.15) is 28.9 Å². The minimum atomic E-state index is -0.188. The Morgan fingerprint density at radius 2 is 2.11 bits per heavy atom. The van der Waals surface area contributed by atoms with E-state index in [0.29, 0.717) is 13.1 Å². The molecule has 0 bridgehead atoms. The molecule has 5 heteroatoms. The van der Waals surface area contributed by atoms with Gasteiger partial charge >= 0.3 is 0 Å². The van der Waals surface area contributed by atoms with Crippen LogP contribution < -0.4 is 5.32 Å². The van der Waals surface area contributed by atoms with Crippen LogP contribution >= 0.6 is 11.3 Å². The minimum Gasteiger partial charge on any atom is -0.356 e. The summed E-state index contributed by atoms with van der Waals surface area (Å²) >= 11 is 1.48. The lowest BCUT2D eigenvalue weighted by Gasteiger charge is -2.37. The molecule has 2 aliphatic heterocycles. The number of nitrogens with one attached hydrogen (secondary N) is 1. The van der Waals surface area contributed by atoms with Crippen LogP contribution in [0.25, 0.3) is 0 Å². The van der Waals surface area contributed by atoms with E-state index in [4.69, 9.17) is 0 Å². The average Bonchev–Trinajstić information content (AvgIpc) is 3.02. The van der Waals surface area contributed by atoms with Gasteiger partial charge in [0.25, 0.3) is 5.91 Å². The molecular weight excluding hydrogens is 248 g/mol. The second-order valence-corrected chi connectivity index (χ2v) is 6.00. The summed E-state index contributed by atoms with van der Waals surface area (Å²) in [4.78, 5) is 26.7. The molecule has 2 saturated heterocycles. The Hall–Kier alpha value is -1.36. The van der Waals surface area contributed by atoms with Gasteiger partial charge in [-0.1, -0.05) is 6.07 Å². The van der Waals surface area contributed by atoms with Crippen molar-refractivity contribution in [3.05, 3.63) is 22.4 Å². The van der Waals surface area contributed by atoms with Crippen molar-refractivity contribution in [1.29, 1.82) is 0 Å². The van der Waals surface area contributed by atoms with E-state index in [0.717, 1.165) is 30.7 Å². The van der Waals surface area contributed by atoms with Gasteiger partial charge in [0, 0.05) is 19.6 Å². The Labute approximate surface area is 110 Å². The summed E-state index contributed by atoms with van der Waals surface area (Å²) in [5, 5.41) is 4.83. The quantitative estimate of drug-likeness (QED) is 0.835. The minimum absolute atomic E-state index is 0.109. The van der Waals surface area contributed by atoms with Crippen molar-refractivity contribution >= 4 is 23.2 Å². The van der Waals surface area contributed by atoms with Gasteiger partial charge in [-0.05, 0) is 30.7 Å². The second kappa shape index (κ2) is 4.39. The molecule has 1 aromatic rings. The molecule has 0 aromatic carbocycles. The van der Waals surface area contributed by atoms with Crippen molar-refractivity contribution in [2.24, 2.45) is 5.41 Å². The first-order chi connectivity index (χ1) is 8.71. The maximum absolute atomic E-state index is 12.2. The molecule has 0 saturated carbocycles. The van der Waals surface area contributed by atoms with Gasteiger partial charge in [-0.25, -0.2) is 0 Å². The molecule has 0 atom stereocenters. The smallest absolute Gasteiger partial charge is 0.263 e. The number of piperidine rings is 1. The number of rotatable bonds is 1. The van der Waals surface area contributed by atoms with Gasteiger partial charge in [-0.2, -0.15) is 0 Å². The van der Waals surface area contributed by atoms with E-state index in [9.17, 15) is 9.59 Å². The lowest BCUT2D eigenvalue weighted by Crippen LogP contribution is -2.45. The van der Waals surface area contributed by atoms with Gasteiger partial charge in [0.1, 0.15) is 0 Å². The molecule has 3 rings (SSSR count). The van der Waals surface area contributed by atoms with Gasteiger partial charge in [-0.3, -0.25) is 9.59 Å². The third-order valence-electron chi connectivity index (χ3n) is 4.11. The van der Waals surface area contributed by atoms with E-state index in [1.165, 1.54) is 11.3 Å². The molecule has 1 N–H and O–H groups in total. The van der Waals surface area contributed by atoms with Crippen molar-refractivity contribution < 1.29 is 9.59 Å². The molecule has 18 heavy (non-hydrogen) atoms. The first-order valence-electron chi connectivity index (χ1n) is 6.32. The fourth-order valence-electron chi connectivity index (χ4n) is 2.89. The topological polar surface area (TPSA) is 49.4 Å². The molecule has 3 heterocycles. The summed E-state index contributed by atoms with van der Waals surface area (Å²) in [7, 11) is 0. The van der Waals surface area contributed by atoms with Crippen LogP contribution in [0, 0.1) is 5.41 Å². The van der Waals surface area contributed by atoms with Crippen LogP contribution in [0.15, 0.2) is 17.5 Å². The summed E-state index contributed by atoms with van der Waals surface area (Å²) < 4.78 is 0. The highest BCUT2D eigenvalue weighted by molar-refractivity contribution is 7.12. The van der Waals surface area contributed by atoms with Crippen LogP contribution in [0.4, 0.5) is 0 Å². The van der Waals surface area contributed by atoms with Gasteiger partial charge in [0.15, 0.2) is 0 Å². The normalized spacial score (nSPS) is 22.2. The van der Waals surface area contributed by atoms with Gasteiger partial charge in [0.2, 0.25) is 5.91 Å². The predicted octanol–water partition coefficient (Wildman–Crippen LogP) is 1.49. The lowest BCUT2D eigenvalue weighted by molar-refractivity contribution is -0.129. The summed E-state index contributed by atoms with van der Waals surface area (Å²) in [5.74, 6) is 0.295. The summed E-state index contributed by atoms with van der Waals surface area (Å²) in [6.45, 7) is 2.19. The molecule has 0 radical (unpaired) electrons. The van der Waals surface area contributed by atoms with Crippen LogP contribution in [-0.2, 0) is 4.79 Å². The van der Waals surface area contributed by atoms with Crippen molar-refractivity contribution in [3.63, 3.8) is 0 Å². The molecule has 1 aromatic heterocycles. The third kappa shape index (κ3) is 1.82. The van der Waals surface area contributed by atoms with Crippen LogP contribution in [0.2, 0.25) is 0 Å². The number of thiophene rings is 1. The first-order valence-corrected chi connectivity index (χ1v) is 7.20. The highest BCUT2D eigenvalue weighted by Gasteiger charge is 2.45. The molecule has 0 unspecified atom stereocenters. The zero-order valence-electron chi connectivity index (χ0n) is 10.1. The highest BCUT2D eigenvalue weighted by Crippen LogP contribution is 2.38. The number of likely N-dealkylation sites (tertiary alicyclic amines) is 1. The monoisotopic (exact) mass is 264 g/mol. The number of hydrogen-bond acceptors (Lipinski definition) is 3. The number of nitrogens with zero attached hydrogens (tertiary/aromatic N) is 1. The van der Waals surface area contributed by atoms with E-state index in [2.05, 4.69) is 5.32 Å². The van der Waals surface area contributed by atoms with E-state index < -0.39 is 0 Å². The Morgan fingerprint density at radius 3 is 2.67 bits per heavy atom. The maximum Gasteiger partial charge on any atom is 0.263 e. The van der Waals surface area contributed by atoms with Crippen molar-refractivity contribution in [2.45, 2.75) is 19.3 Å². The number of hydrogen-bond donors (Lipinski definition) is 1. The standard InChI is InChI=1S/C13H16N2O2S/c16-11(10-2-1-9-18-10)15-7-4-13(5-8-15)3-6-14-12(13)17/h1-2,9H,3-8H2,(H,14,17). The largest absolute Gasteiger partial charge is 0.356 e. The summed E-state index contributed by atoms with van der Waals surface area (Å²) in [6.07, 6.45) is 2.53. The number of amides is 2. The second-order valence-electron chi connectivity index (χ2n) is 5.06. The number of carbonyl (C=O) groups excluding carboxylic acids is 2. The molecule has 4 nitrogen and oxygen atoms in total. The van der Waals surface area contributed by atoms with E-state index in [1.807, 2.05) is 22.4 Å². The predicted molar refractivity (Wildman–Crippen MR) is 69.5 cm³/mol. The SMILES string of the molecule is O=C(c1cccs1)N1CCC2(CCNC2=O)CC1. The fraction of sp³-hybridized carbons (Fsp3) is 0.538. The molecule has 1 spiro atoms. The van der Waals surface area contributed by atoms with Crippen molar-refractivity contribution in [2.75, 3.05) is 19.6 Å². The van der Waals surface area contributed by atoms with Gasteiger partial charge < -0.3 is 10.2 Å². The van der Waals surface area contributed by atoms with E-state index in [1.54, 1.807) is 0 Å². The molecular formula is C13H16N2O2S. The zero-order valence-corrected chi connectivity index (χ0v) is 11.0. The summed E-state index contributed by atoms with van der Waals surface area (Å²) in [6, 6.07) is 3.76. The third-order valence-corrected chi connectivity index (χ3v) is 4.97. The van der Waals surface area contributed by atoms with Gasteiger partial charge in [-0.15, -0.1) is 11.3 Å². The molecule has 2 amide bonds. The van der Waals surface area contributed by atoms with Crippen LogP contribution in [0.5, 0.6) is 0 Å². The van der Waals surface area contributed by atoms with Crippen molar-refractivity contribution in [3.8, 4) is 0 Å². The van der Waals surface area contributed by atoms with Crippen LogP contribution in [0.3, 0.4) is 0 Å². The molecule has 2 fully saturated rings. The fourth-order valence-corrected chi connectivity index (χ4v) is 3.58. The zero-order chi connectivity index (χ0) is 12.6. The Kier molecular flexibility index (Phi) is 2.86. The van der Waals surface area contributed by atoms with Crippen molar-refractivity contribution in [1.82, 2.24) is 10.2 Å². The van der Waals surface area contributed by atoms with Gasteiger partial charge in [0.05, 0.1) is 10.3 Å². The Bertz CT molecular complexity index is 461. The van der Waals surface area contributed by atoms with E-state index >= 15 is 0 Å². The first kappa shape index (κ1) is 11.7. The molecule has 2 aliphatic rings. The lowest BCUT2D eigenvalue weighted by atomic mass is 9.77. The van der Waals surface area contributed by atoms with E-state index in [-0.39, 0.29) is 17.2 Å². The van der Waals surface area contributed by atoms with Crippen LogP contribution in [-0.4, -0.2) is 36.3 Å². The Balaban J connectivity index is 1.67. The number of carbonyl (C=O) groups is 2.